The van der Waals surface area contributed by atoms with E-state index in [4.69, 9.17) is 10.5 Å². The van der Waals surface area contributed by atoms with Crippen molar-refractivity contribution >= 4 is 29.0 Å². The Bertz CT molecular complexity index is 726. The Morgan fingerprint density at radius 2 is 1.70 bits per heavy atom. The van der Waals surface area contributed by atoms with E-state index in [0.29, 0.717) is 0 Å². The van der Waals surface area contributed by atoms with E-state index in [0.717, 1.165) is 33.6 Å². The van der Waals surface area contributed by atoms with Crippen molar-refractivity contribution in [3.63, 3.8) is 0 Å². The second kappa shape index (κ2) is 5.80. The Morgan fingerprint density at radius 1 is 1.00 bits per heavy atom. The van der Waals surface area contributed by atoms with Crippen molar-refractivity contribution in [3.8, 4) is 17.0 Å². The van der Waals surface area contributed by atoms with Crippen LogP contribution in [0, 0.1) is 0 Å². The average Bonchev–Trinajstić information content (AvgIpc) is 2.47. The van der Waals surface area contributed by atoms with Gasteiger partial charge in [0.25, 0.3) is 0 Å². The van der Waals surface area contributed by atoms with Crippen LogP contribution in [0.5, 0.6) is 5.75 Å². The number of nitrogens with two attached hydrogens (primary N) is 1. The number of methoxy groups -OCH3 is 1. The van der Waals surface area contributed by atoms with Gasteiger partial charge >= 0.3 is 0 Å². The summed E-state index contributed by atoms with van der Waals surface area (Å²) in [5.74, 6) is 0.831. The SMILES string of the molecule is COc1ccc(-c2cc(N)c3ccccc3n2)cc1.Cl. The fourth-order valence-electron chi connectivity index (χ4n) is 2.11. The molecule has 3 rings (SSSR count). The van der Waals surface area contributed by atoms with Crippen molar-refractivity contribution in [2.45, 2.75) is 0 Å². The molecule has 0 amide bonds. The van der Waals surface area contributed by atoms with Crippen molar-refractivity contribution in [1.29, 1.82) is 0 Å². The number of benzene rings is 2. The van der Waals surface area contributed by atoms with Gasteiger partial charge in [0.2, 0.25) is 0 Å². The number of pyridine rings is 1. The highest BCUT2D eigenvalue weighted by molar-refractivity contribution is 5.92. The Balaban J connectivity index is 0.00000147. The van der Waals surface area contributed by atoms with Gasteiger partial charge < -0.3 is 10.5 Å². The summed E-state index contributed by atoms with van der Waals surface area (Å²) in [6, 6.07) is 17.6. The molecule has 3 nitrogen and oxygen atoms in total. The third-order valence-corrected chi connectivity index (χ3v) is 3.13. The maximum atomic E-state index is 6.09. The second-order valence-electron chi connectivity index (χ2n) is 4.34. The van der Waals surface area contributed by atoms with Crippen LogP contribution in [-0.2, 0) is 0 Å². The van der Waals surface area contributed by atoms with Gasteiger partial charge in [-0.1, -0.05) is 18.2 Å². The highest BCUT2D eigenvalue weighted by Gasteiger charge is 2.05. The molecule has 0 atom stereocenters. The van der Waals surface area contributed by atoms with Crippen LogP contribution in [0.3, 0.4) is 0 Å². The Labute approximate surface area is 123 Å². The minimum atomic E-state index is 0. The van der Waals surface area contributed by atoms with Crippen molar-refractivity contribution in [2.75, 3.05) is 12.8 Å². The number of nitrogen functional groups attached to an aromatic ring is 1. The first kappa shape index (κ1) is 14.2. The van der Waals surface area contributed by atoms with Crippen LogP contribution in [0.25, 0.3) is 22.2 Å². The van der Waals surface area contributed by atoms with Crippen LogP contribution >= 0.6 is 12.4 Å². The Morgan fingerprint density at radius 3 is 2.40 bits per heavy atom. The number of hydrogen-bond acceptors (Lipinski definition) is 3. The van der Waals surface area contributed by atoms with Gasteiger partial charge in [-0.25, -0.2) is 4.98 Å². The predicted molar refractivity (Wildman–Crippen MR) is 85.4 cm³/mol. The maximum absolute atomic E-state index is 6.09. The standard InChI is InChI=1S/C16H14N2O.ClH/c1-19-12-8-6-11(7-9-12)16-10-14(17)13-4-2-3-5-15(13)18-16;/h2-10H,1H3,(H2,17,18);1H. The molecule has 2 N–H and O–H groups in total. The van der Waals surface area contributed by atoms with Gasteiger partial charge in [-0.05, 0) is 36.4 Å². The number of aromatic nitrogens is 1. The zero-order valence-corrected chi connectivity index (χ0v) is 11.9. The van der Waals surface area contributed by atoms with Crippen LogP contribution in [0.4, 0.5) is 5.69 Å². The molecule has 0 aliphatic heterocycles. The lowest BCUT2D eigenvalue weighted by Gasteiger charge is -2.07. The number of rotatable bonds is 2. The van der Waals surface area contributed by atoms with E-state index >= 15 is 0 Å². The van der Waals surface area contributed by atoms with Crippen molar-refractivity contribution in [1.82, 2.24) is 4.98 Å². The summed E-state index contributed by atoms with van der Waals surface area (Å²) in [6.45, 7) is 0. The molecule has 0 unspecified atom stereocenters. The lowest BCUT2D eigenvalue weighted by Crippen LogP contribution is -1.92. The van der Waals surface area contributed by atoms with Gasteiger partial charge in [-0.3, -0.25) is 0 Å². The molecule has 0 aliphatic rings. The largest absolute Gasteiger partial charge is 0.497 e. The average molecular weight is 287 g/mol. The zero-order valence-electron chi connectivity index (χ0n) is 11.0. The molecule has 20 heavy (non-hydrogen) atoms. The minimum Gasteiger partial charge on any atom is -0.497 e. The fraction of sp³-hybridized carbons (Fsp3) is 0.0625. The summed E-state index contributed by atoms with van der Waals surface area (Å²) in [6.07, 6.45) is 0. The van der Waals surface area contributed by atoms with Crippen LogP contribution in [0.2, 0.25) is 0 Å². The maximum Gasteiger partial charge on any atom is 0.118 e. The van der Waals surface area contributed by atoms with Gasteiger partial charge in [0.05, 0.1) is 18.3 Å². The number of fused-ring (bicyclic) bond motifs is 1. The summed E-state index contributed by atoms with van der Waals surface area (Å²) in [5, 5.41) is 0.986. The lowest BCUT2D eigenvalue weighted by atomic mass is 10.1. The highest BCUT2D eigenvalue weighted by atomic mass is 35.5. The molecule has 4 heteroatoms. The van der Waals surface area contributed by atoms with E-state index in [1.807, 2.05) is 54.6 Å². The van der Waals surface area contributed by atoms with Gasteiger partial charge in [0, 0.05) is 16.6 Å². The highest BCUT2D eigenvalue weighted by Crippen LogP contribution is 2.27. The molecule has 0 spiro atoms. The molecule has 0 saturated heterocycles. The molecule has 1 heterocycles. The second-order valence-corrected chi connectivity index (χ2v) is 4.34. The van der Waals surface area contributed by atoms with Gasteiger partial charge in [0.15, 0.2) is 0 Å². The summed E-state index contributed by atoms with van der Waals surface area (Å²) in [7, 11) is 1.65. The normalized spacial score (nSPS) is 10.1. The first-order valence-corrected chi connectivity index (χ1v) is 6.07. The van der Waals surface area contributed by atoms with E-state index in [1.54, 1.807) is 7.11 Å². The molecule has 0 aliphatic carbocycles. The molecule has 2 aromatic carbocycles. The van der Waals surface area contributed by atoms with Gasteiger partial charge in [-0.15, -0.1) is 12.4 Å². The Hall–Kier alpha value is -2.26. The third-order valence-electron chi connectivity index (χ3n) is 3.13. The topological polar surface area (TPSA) is 48.1 Å². The van der Waals surface area contributed by atoms with Crippen LogP contribution in [-0.4, -0.2) is 12.1 Å². The van der Waals surface area contributed by atoms with E-state index < -0.39 is 0 Å². The number of ether oxygens (including phenoxy) is 1. The summed E-state index contributed by atoms with van der Waals surface area (Å²) >= 11 is 0. The smallest absolute Gasteiger partial charge is 0.118 e. The summed E-state index contributed by atoms with van der Waals surface area (Å²) in [5.41, 5.74) is 9.64. The summed E-state index contributed by atoms with van der Waals surface area (Å²) < 4.78 is 5.15. The van der Waals surface area contributed by atoms with E-state index in [9.17, 15) is 0 Å². The summed E-state index contributed by atoms with van der Waals surface area (Å²) in [4.78, 5) is 4.64. The number of nitrogens with zero attached hydrogens (tertiary/aromatic N) is 1. The third kappa shape index (κ3) is 2.53. The molecule has 1 aromatic heterocycles. The van der Waals surface area contributed by atoms with E-state index in [2.05, 4.69) is 4.98 Å². The van der Waals surface area contributed by atoms with Gasteiger partial charge in [0.1, 0.15) is 5.75 Å². The molecule has 3 aromatic rings. The molecule has 0 saturated carbocycles. The quantitative estimate of drug-likeness (QED) is 0.777. The van der Waals surface area contributed by atoms with E-state index in [-0.39, 0.29) is 12.4 Å². The van der Waals surface area contributed by atoms with Gasteiger partial charge in [-0.2, -0.15) is 0 Å². The fourth-order valence-corrected chi connectivity index (χ4v) is 2.11. The Kier molecular flexibility index (Phi) is 4.11. The minimum absolute atomic E-state index is 0. The number of para-hydroxylation sites is 1. The van der Waals surface area contributed by atoms with Crippen molar-refractivity contribution < 1.29 is 4.74 Å². The number of halogens is 1. The molecule has 0 fully saturated rings. The monoisotopic (exact) mass is 286 g/mol. The van der Waals surface area contributed by atoms with Crippen LogP contribution in [0.1, 0.15) is 0 Å². The van der Waals surface area contributed by atoms with Crippen molar-refractivity contribution in [3.05, 3.63) is 54.6 Å². The number of anilines is 1. The predicted octanol–water partition coefficient (Wildman–Crippen LogP) is 3.91. The molecular weight excluding hydrogens is 272 g/mol. The molecule has 0 bridgehead atoms. The van der Waals surface area contributed by atoms with E-state index in [1.165, 1.54) is 0 Å². The van der Waals surface area contributed by atoms with Crippen LogP contribution in [0.15, 0.2) is 54.6 Å². The zero-order chi connectivity index (χ0) is 13.2. The molecular formula is C16H15ClN2O. The molecule has 0 radical (unpaired) electrons. The van der Waals surface area contributed by atoms with Crippen LogP contribution < -0.4 is 10.5 Å². The first-order valence-electron chi connectivity index (χ1n) is 6.07. The van der Waals surface area contributed by atoms with Crippen molar-refractivity contribution in [2.24, 2.45) is 0 Å². The molecule has 102 valence electrons. The lowest BCUT2D eigenvalue weighted by molar-refractivity contribution is 0.415. The number of hydrogen-bond donors (Lipinski definition) is 1. The first-order chi connectivity index (χ1) is 9.28.